The number of nitrogens with zero attached hydrogens (tertiary/aromatic N) is 2. The molecule has 24 heavy (non-hydrogen) atoms. The molecule has 0 aliphatic carbocycles. The monoisotopic (exact) mass is 344 g/mol. The van der Waals surface area contributed by atoms with Crippen LogP contribution < -0.4 is 0 Å². The van der Waals surface area contributed by atoms with Crippen molar-refractivity contribution >= 4 is 24.2 Å². The Bertz CT molecular complexity index is 497. The van der Waals surface area contributed by atoms with Crippen molar-refractivity contribution in [1.29, 1.82) is 0 Å². The molecule has 9 heteroatoms. The molecule has 0 aromatic rings. The summed E-state index contributed by atoms with van der Waals surface area (Å²) in [6, 6.07) is -1.51. The molecule has 0 N–H and O–H groups in total. The number of carbonyl (C=O) groups is 3. The molecule has 0 saturated heterocycles. The summed E-state index contributed by atoms with van der Waals surface area (Å²) in [5, 5.41) is 0. The average Bonchev–Trinajstić information content (AvgIpc) is 2.38. The minimum Gasteiger partial charge on any atom is -0.467 e. The SMILES string of the molecule is COC(=O)[C@H](CN=C=O)N(C(=O)OC(C)(C)C)C(=O)OC(C)(C)C. The third-order valence-electron chi connectivity index (χ3n) is 2.29. The van der Waals surface area contributed by atoms with Crippen LogP contribution in [0.25, 0.3) is 0 Å². The first-order valence-electron chi connectivity index (χ1n) is 7.19. The van der Waals surface area contributed by atoms with Crippen molar-refractivity contribution < 1.29 is 33.4 Å². The molecule has 0 radical (unpaired) electrons. The normalized spacial score (nSPS) is 12.5. The van der Waals surface area contributed by atoms with Crippen molar-refractivity contribution in [3.05, 3.63) is 0 Å². The Labute approximate surface area is 140 Å². The molecule has 0 unspecified atom stereocenters. The molecule has 2 amide bonds. The second kappa shape index (κ2) is 8.44. The zero-order valence-electron chi connectivity index (χ0n) is 15.0. The van der Waals surface area contributed by atoms with Crippen LogP contribution in [0.3, 0.4) is 0 Å². The zero-order valence-corrected chi connectivity index (χ0v) is 15.0. The largest absolute Gasteiger partial charge is 0.467 e. The van der Waals surface area contributed by atoms with Crippen molar-refractivity contribution in [3.8, 4) is 0 Å². The summed E-state index contributed by atoms with van der Waals surface area (Å²) in [4.78, 5) is 50.7. The minimum absolute atomic E-state index is 0.448. The topological polar surface area (TPSA) is 112 Å². The van der Waals surface area contributed by atoms with E-state index in [9.17, 15) is 19.2 Å². The molecule has 1 atom stereocenters. The molecular formula is C15H24N2O7. The van der Waals surface area contributed by atoms with Crippen LogP contribution >= 0.6 is 0 Å². The highest BCUT2D eigenvalue weighted by molar-refractivity contribution is 5.94. The van der Waals surface area contributed by atoms with E-state index in [0.717, 1.165) is 7.11 Å². The molecule has 0 spiro atoms. The first-order valence-corrected chi connectivity index (χ1v) is 7.19. The van der Waals surface area contributed by atoms with Crippen LogP contribution in [0.4, 0.5) is 9.59 Å². The van der Waals surface area contributed by atoms with Gasteiger partial charge in [0.2, 0.25) is 6.08 Å². The Morgan fingerprint density at radius 3 is 1.71 bits per heavy atom. The number of aliphatic imine (C=N–C) groups is 1. The number of ether oxygens (including phenoxy) is 3. The van der Waals surface area contributed by atoms with Gasteiger partial charge in [-0.25, -0.2) is 24.2 Å². The van der Waals surface area contributed by atoms with Gasteiger partial charge < -0.3 is 14.2 Å². The minimum atomic E-state index is -1.51. The summed E-state index contributed by atoms with van der Waals surface area (Å²) in [5.41, 5.74) is -1.85. The lowest BCUT2D eigenvalue weighted by Crippen LogP contribution is -2.53. The molecule has 0 heterocycles. The van der Waals surface area contributed by atoms with Crippen molar-refractivity contribution in [2.45, 2.75) is 58.8 Å². The maximum absolute atomic E-state index is 12.4. The molecule has 0 rings (SSSR count). The lowest BCUT2D eigenvalue weighted by molar-refractivity contribution is -0.146. The van der Waals surface area contributed by atoms with Gasteiger partial charge in [-0.15, -0.1) is 0 Å². The van der Waals surface area contributed by atoms with Crippen LogP contribution in [0, 0.1) is 0 Å². The fraction of sp³-hybridized carbons (Fsp3) is 0.733. The Hall–Kier alpha value is -2.41. The number of hydrogen-bond donors (Lipinski definition) is 0. The van der Waals surface area contributed by atoms with E-state index in [0.29, 0.717) is 4.90 Å². The van der Waals surface area contributed by atoms with Crippen molar-refractivity contribution in [3.63, 3.8) is 0 Å². The Morgan fingerprint density at radius 2 is 1.42 bits per heavy atom. The van der Waals surface area contributed by atoms with E-state index in [1.54, 1.807) is 41.5 Å². The number of imide groups is 1. The second-order valence-electron chi connectivity index (χ2n) is 6.80. The molecular weight excluding hydrogens is 320 g/mol. The fourth-order valence-corrected chi connectivity index (χ4v) is 1.47. The number of carbonyl (C=O) groups excluding carboxylic acids is 4. The molecule has 0 aromatic carbocycles. The van der Waals surface area contributed by atoms with Crippen molar-refractivity contribution in [2.24, 2.45) is 4.99 Å². The van der Waals surface area contributed by atoms with E-state index in [-0.39, 0.29) is 0 Å². The Balaban J connectivity index is 5.78. The Morgan fingerprint density at radius 1 is 1.00 bits per heavy atom. The smallest absolute Gasteiger partial charge is 0.420 e. The highest BCUT2D eigenvalue weighted by Gasteiger charge is 2.40. The number of isocyanates is 1. The molecule has 0 aliphatic heterocycles. The van der Waals surface area contributed by atoms with Gasteiger partial charge in [-0.2, -0.15) is 4.90 Å². The van der Waals surface area contributed by atoms with Gasteiger partial charge in [0.05, 0.1) is 13.7 Å². The molecule has 0 saturated carbocycles. The van der Waals surface area contributed by atoms with Gasteiger partial charge in [-0.3, -0.25) is 0 Å². The van der Waals surface area contributed by atoms with Crippen LogP contribution in [-0.2, 0) is 23.8 Å². The standard InChI is InChI=1S/C15H24N2O7/c1-14(2,3)23-12(20)17(13(21)24-15(4,5)6)10(8-16-9-18)11(19)22-7/h10H,8H2,1-7H3/t10-/m0/s1. The second-order valence-corrected chi connectivity index (χ2v) is 6.80. The summed E-state index contributed by atoms with van der Waals surface area (Å²) < 4.78 is 14.8. The number of methoxy groups -OCH3 is 1. The average molecular weight is 344 g/mol. The zero-order chi connectivity index (χ0) is 19.1. The third kappa shape index (κ3) is 7.73. The van der Waals surface area contributed by atoms with Crippen molar-refractivity contribution in [1.82, 2.24) is 4.90 Å². The molecule has 0 aliphatic rings. The van der Waals surface area contributed by atoms with Gasteiger partial charge in [0.15, 0.2) is 6.04 Å². The van der Waals surface area contributed by atoms with E-state index in [1.165, 1.54) is 6.08 Å². The molecule has 0 aromatic heterocycles. The van der Waals surface area contributed by atoms with E-state index in [4.69, 9.17) is 9.47 Å². The first-order chi connectivity index (χ1) is 10.8. The van der Waals surface area contributed by atoms with Gasteiger partial charge >= 0.3 is 18.2 Å². The predicted molar refractivity (Wildman–Crippen MR) is 83.1 cm³/mol. The van der Waals surface area contributed by atoms with Crippen LogP contribution in [0.2, 0.25) is 0 Å². The van der Waals surface area contributed by atoms with Crippen molar-refractivity contribution in [2.75, 3.05) is 13.7 Å². The summed E-state index contributed by atoms with van der Waals surface area (Å²) in [6.07, 6.45) is -0.992. The fourth-order valence-electron chi connectivity index (χ4n) is 1.47. The van der Waals surface area contributed by atoms with Crippen LogP contribution in [0.5, 0.6) is 0 Å². The number of rotatable bonds is 4. The third-order valence-corrected chi connectivity index (χ3v) is 2.29. The molecule has 9 nitrogen and oxygen atoms in total. The number of hydrogen-bond acceptors (Lipinski definition) is 8. The lowest BCUT2D eigenvalue weighted by Gasteiger charge is -2.31. The predicted octanol–water partition coefficient (Wildman–Crippen LogP) is 2.04. The number of esters is 1. The van der Waals surface area contributed by atoms with Crippen LogP contribution in [-0.4, -0.2) is 60.0 Å². The highest BCUT2D eigenvalue weighted by Crippen LogP contribution is 2.17. The summed E-state index contributed by atoms with van der Waals surface area (Å²) >= 11 is 0. The Kier molecular flexibility index (Phi) is 7.60. The molecule has 136 valence electrons. The van der Waals surface area contributed by atoms with E-state index in [1.807, 2.05) is 0 Å². The van der Waals surface area contributed by atoms with Crippen LogP contribution in [0.15, 0.2) is 4.99 Å². The summed E-state index contributed by atoms with van der Waals surface area (Å²) in [7, 11) is 1.07. The highest BCUT2D eigenvalue weighted by atomic mass is 16.6. The van der Waals surface area contributed by atoms with Gasteiger partial charge in [0.25, 0.3) is 0 Å². The van der Waals surface area contributed by atoms with Gasteiger partial charge in [-0.1, -0.05) is 0 Å². The van der Waals surface area contributed by atoms with E-state index >= 15 is 0 Å². The van der Waals surface area contributed by atoms with Gasteiger partial charge in [0, 0.05) is 0 Å². The molecule has 0 fully saturated rings. The van der Waals surface area contributed by atoms with Crippen LogP contribution in [0.1, 0.15) is 41.5 Å². The maximum Gasteiger partial charge on any atom is 0.420 e. The maximum atomic E-state index is 12.4. The summed E-state index contributed by atoms with van der Waals surface area (Å²) in [5.74, 6) is -0.953. The van der Waals surface area contributed by atoms with E-state index < -0.39 is 41.9 Å². The summed E-state index contributed by atoms with van der Waals surface area (Å²) in [6.45, 7) is 9.03. The first kappa shape index (κ1) is 21.6. The lowest BCUT2D eigenvalue weighted by atomic mass is 10.2. The van der Waals surface area contributed by atoms with Gasteiger partial charge in [0.1, 0.15) is 11.2 Å². The molecule has 0 bridgehead atoms. The number of amides is 2. The quantitative estimate of drug-likeness (QED) is 0.332. The van der Waals surface area contributed by atoms with Gasteiger partial charge in [-0.05, 0) is 41.5 Å². The van der Waals surface area contributed by atoms with E-state index in [2.05, 4.69) is 9.73 Å².